The van der Waals surface area contributed by atoms with Crippen molar-refractivity contribution in [1.29, 1.82) is 5.26 Å². The van der Waals surface area contributed by atoms with Gasteiger partial charge in [-0.2, -0.15) is 5.26 Å². The summed E-state index contributed by atoms with van der Waals surface area (Å²) in [6.07, 6.45) is 5.94. The molecular weight excluding hydrogens is 414 g/mol. The highest BCUT2D eigenvalue weighted by Gasteiger charge is 2.30. The molecule has 2 aromatic rings. The van der Waals surface area contributed by atoms with E-state index in [2.05, 4.69) is 20.6 Å². The number of guanidine groups is 1. The SMILES string of the molecule is N#CNC(=NC1CCCCN(CC(=O)N2CCCC2)C1=O)Nc1ccc2oc(=O)[nH]c2c1. The summed E-state index contributed by atoms with van der Waals surface area (Å²) in [7, 11) is 0. The Balaban J connectivity index is 1.50. The minimum atomic E-state index is -0.704. The highest BCUT2D eigenvalue weighted by Crippen LogP contribution is 2.18. The third kappa shape index (κ3) is 4.91. The largest absolute Gasteiger partial charge is 0.417 e. The van der Waals surface area contributed by atoms with Gasteiger partial charge in [-0.3, -0.25) is 19.9 Å². The van der Waals surface area contributed by atoms with Crippen LogP contribution in [-0.2, 0) is 9.59 Å². The first-order chi connectivity index (χ1) is 15.5. The number of H-pyrrole nitrogens is 1. The molecule has 1 unspecified atom stereocenters. The van der Waals surface area contributed by atoms with Crippen molar-refractivity contribution in [2.75, 3.05) is 31.5 Å². The van der Waals surface area contributed by atoms with Crippen LogP contribution in [0, 0.1) is 11.5 Å². The van der Waals surface area contributed by atoms with Crippen molar-refractivity contribution in [2.24, 2.45) is 4.99 Å². The lowest BCUT2D eigenvalue weighted by Crippen LogP contribution is -2.45. The van der Waals surface area contributed by atoms with E-state index in [0.717, 1.165) is 38.8 Å². The number of amides is 2. The third-order valence-corrected chi connectivity index (χ3v) is 5.68. The number of fused-ring (bicyclic) bond motifs is 1. The molecule has 2 fully saturated rings. The first-order valence-corrected chi connectivity index (χ1v) is 10.7. The van der Waals surface area contributed by atoms with E-state index in [-0.39, 0.29) is 24.3 Å². The Bertz CT molecular complexity index is 1120. The zero-order chi connectivity index (χ0) is 22.5. The minimum absolute atomic E-state index is 0.0311. The Morgan fingerprint density at radius 1 is 1.22 bits per heavy atom. The highest BCUT2D eigenvalue weighted by molar-refractivity contribution is 5.98. The van der Waals surface area contributed by atoms with Gasteiger partial charge in [0.2, 0.25) is 17.8 Å². The summed E-state index contributed by atoms with van der Waals surface area (Å²) in [5.74, 6) is -0.697. The lowest BCUT2D eigenvalue weighted by atomic mass is 10.1. The normalized spacial score (nSPS) is 19.7. The van der Waals surface area contributed by atoms with Crippen molar-refractivity contribution in [1.82, 2.24) is 20.1 Å². The van der Waals surface area contributed by atoms with Crippen LogP contribution >= 0.6 is 0 Å². The van der Waals surface area contributed by atoms with Crippen molar-refractivity contribution in [3.8, 4) is 6.19 Å². The first-order valence-electron chi connectivity index (χ1n) is 10.7. The van der Waals surface area contributed by atoms with Gasteiger partial charge >= 0.3 is 5.76 Å². The molecule has 3 N–H and O–H groups in total. The fraction of sp³-hybridized carbons (Fsp3) is 0.476. The maximum absolute atomic E-state index is 13.1. The topological polar surface area (TPSA) is 147 Å². The summed E-state index contributed by atoms with van der Waals surface area (Å²) in [6.45, 7) is 2.07. The van der Waals surface area contributed by atoms with Crippen LogP contribution in [0.2, 0.25) is 0 Å². The fourth-order valence-electron chi connectivity index (χ4n) is 4.06. The fourth-order valence-corrected chi connectivity index (χ4v) is 4.06. The number of aromatic amines is 1. The van der Waals surface area contributed by atoms with Gasteiger partial charge in [0.25, 0.3) is 0 Å². The molecule has 1 aromatic heterocycles. The predicted molar refractivity (Wildman–Crippen MR) is 117 cm³/mol. The molecule has 0 saturated carbocycles. The zero-order valence-electron chi connectivity index (χ0n) is 17.6. The van der Waals surface area contributed by atoms with Crippen molar-refractivity contribution in [3.05, 3.63) is 28.7 Å². The molecule has 2 aliphatic heterocycles. The molecule has 1 aromatic carbocycles. The molecule has 4 rings (SSSR count). The van der Waals surface area contributed by atoms with Crippen LogP contribution in [0.3, 0.4) is 0 Å². The van der Waals surface area contributed by atoms with Crippen LogP contribution < -0.4 is 16.4 Å². The molecule has 2 aliphatic rings. The summed E-state index contributed by atoms with van der Waals surface area (Å²) >= 11 is 0. The van der Waals surface area contributed by atoms with Crippen molar-refractivity contribution in [3.63, 3.8) is 0 Å². The van der Waals surface area contributed by atoms with E-state index in [4.69, 9.17) is 9.68 Å². The van der Waals surface area contributed by atoms with Crippen molar-refractivity contribution < 1.29 is 14.0 Å². The van der Waals surface area contributed by atoms with E-state index < -0.39 is 11.8 Å². The van der Waals surface area contributed by atoms with Crippen molar-refractivity contribution in [2.45, 2.75) is 38.1 Å². The molecule has 0 aliphatic carbocycles. The number of aromatic nitrogens is 1. The Kier molecular flexibility index (Phi) is 6.39. The number of hydrogen-bond acceptors (Lipinski definition) is 6. The molecule has 3 heterocycles. The number of hydrogen-bond donors (Lipinski definition) is 3. The number of nitrogens with zero attached hydrogens (tertiary/aromatic N) is 4. The molecular formula is C21H25N7O4. The zero-order valence-corrected chi connectivity index (χ0v) is 17.6. The lowest BCUT2D eigenvalue weighted by Gasteiger charge is -2.25. The van der Waals surface area contributed by atoms with Crippen LogP contribution in [0.5, 0.6) is 0 Å². The Morgan fingerprint density at radius 2 is 2.00 bits per heavy atom. The van der Waals surface area contributed by atoms with E-state index in [9.17, 15) is 14.4 Å². The number of benzene rings is 1. The van der Waals surface area contributed by atoms with E-state index in [1.807, 2.05) is 6.19 Å². The number of rotatable bonds is 4. The predicted octanol–water partition coefficient (Wildman–Crippen LogP) is 0.963. The van der Waals surface area contributed by atoms with Crippen LogP contribution in [0.25, 0.3) is 11.1 Å². The number of nitrogens with one attached hydrogen (secondary N) is 3. The van der Waals surface area contributed by atoms with Gasteiger partial charge in [-0.05, 0) is 50.3 Å². The van der Waals surface area contributed by atoms with E-state index in [1.54, 1.807) is 28.0 Å². The van der Waals surface area contributed by atoms with Crippen LogP contribution in [0.15, 0.2) is 32.4 Å². The number of carbonyl (C=O) groups is 2. The molecule has 0 radical (unpaired) electrons. The summed E-state index contributed by atoms with van der Waals surface area (Å²) in [5, 5.41) is 14.6. The Hall–Kier alpha value is -3.81. The first kappa shape index (κ1) is 21.4. The summed E-state index contributed by atoms with van der Waals surface area (Å²) < 4.78 is 4.99. The average Bonchev–Trinajstić information content (AvgIpc) is 3.39. The van der Waals surface area contributed by atoms with Gasteiger partial charge < -0.3 is 19.5 Å². The maximum atomic E-state index is 13.1. The molecule has 0 bridgehead atoms. The summed E-state index contributed by atoms with van der Waals surface area (Å²) in [6, 6.07) is 4.22. The number of nitriles is 1. The summed E-state index contributed by atoms with van der Waals surface area (Å²) in [4.78, 5) is 47.4. The highest BCUT2D eigenvalue weighted by atomic mass is 16.4. The van der Waals surface area contributed by atoms with Gasteiger partial charge in [-0.25, -0.2) is 9.79 Å². The van der Waals surface area contributed by atoms with Gasteiger partial charge in [-0.1, -0.05) is 0 Å². The second-order valence-corrected chi connectivity index (χ2v) is 7.92. The number of oxazole rings is 1. The van der Waals surface area contributed by atoms with E-state index >= 15 is 0 Å². The van der Waals surface area contributed by atoms with Gasteiger partial charge in [0.05, 0.1) is 12.1 Å². The summed E-state index contributed by atoms with van der Waals surface area (Å²) in [5.41, 5.74) is 1.45. The Morgan fingerprint density at radius 3 is 2.78 bits per heavy atom. The van der Waals surface area contributed by atoms with Crippen LogP contribution in [0.1, 0.15) is 32.1 Å². The Labute approximate surface area is 184 Å². The number of carbonyl (C=O) groups excluding carboxylic acids is 2. The third-order valence-electron chi connectivity index (χ3n) is 5.68. The average molecular weight is 439 g/mol. The molecule has 168 valence electrons. The van der Waals surface area contributed by atoms with Gasteiger partial charge in [0, 0.05) is 25.3 Å². The molecule has 2 saturated heterocycles. The van der Waals surface area contributed by atoms with Crippen LogP contribution in [0.4, 0.5) is 5.69 Å². The monoisotopic (exact) mass is 439 g/mol. The number of anilines is 1. The van der Waals surface area contributed by atoms with Gasteiger partial charge in [0.15, 0.2) is 11.8 Å². The van der Waals surface area contributed by atoms with E-state index in [0.29, 0.717) is 29.8 Å². The van der Waals surface area contributed by atoms with E-state index in [1.165, 1.54) is 0 Å². The lowest BCUT2D eigenvalue weighted by molar-refractivity contribution is -0.140. The molecule has 1 atom stereocenters. The second-order valence-electron chi connectivity index (χ2n) is 7.92. The number of likely N-dealkylation sites (tertiary alicyclic amines) is 2. The van der Waals surface area contributed by atoms with Gasteiger partial charge in [0.1, 0.15) is 6.04 Å². The standard InChI is InChI=1S/C21H25N7O4/c22-13-23-20(24-14-6-7-17-16(11-14)26-21(31)32-17)25-15-5-1-2-10-28(19(15)30)12-18(29)27-8-3-4-9-27/h6-7,11,15H,1-5,8-10,12H2,(H,26,31)(H2,23,24,25). The second kappa shape index (κ2) is 9.55. The quantitative estimate of drug-likeness (QED) is 0.278. The smallest absolute Gasteiger partial charge is 0.408 e. The molecule has 2 amide bonds. The van der Waals surface area contributed by atoms with Crippen molar-refractivity contribution >= 4 is 34.6 Å². The molecule has 0 spiro atoms. The van der Waals surface area contributed by atoms with Crippen LogP contribution in [-0.4, -0.2) is 64.8 Å². The maximum Gasteiger partial charge on any atom is 0.417 e. The molecule has 11 nitrogen and oxygen atoms in total. The number of aliphatic imine (C=N–C) groups is 1. The van der Waals surface area contributed by atoms with Gasteiger partial charge in [-0.15, -0.1) is 0 Å². The molecule has 32 heavy (non-hydrogen) atoms. The minimum Gasteiger partial charge on any atom is -0.408 e. The molecule has 11 heteroatoms.